The van der Waals surface area contributed by atoms with Crippen LogP contribution in [-0.4, -0.2) is 15.9 Å². The molecule has 0 saturated heterocycles. The highest BCUT2D eigenvalue weighted by molar-refractivity contribution is 6.33. The maximum atomic E-state index is 12.2. The number of aryl methyl sites for hydroxylation is 1. The summed E-state index contributed by atoms with van der Waals surface area (Å²) in [5.74, 6) is 0.111. The Bertz CT molecular complexity index is 865. The number of anilines is 3. The maximum absolute atomic E-state index is 12.2. The second-order valence-electron chi connectivity index (χ2n) is 5.22. The van der Waals surface area contributed by atoms with Crippen LogP contribution in [0.5, 0.6) is 0 Å². The minimum atomic E-state index is -0.315. The van der Waals surface area contributed by atoms with Crippen LogP contribution in [0, 0.1) is 6.92 Å². The number of halogens is 1. The third-order valence-electron chi connectivity index (χ3n) is 3.31. The molecule has 120 valence electrons. The quantitative estimate of drug-likeness (QED) is 0.738. The van der Waals surface area contributed by atoms with Crippen LogP contribution in [0.25, 0.3) is 0 Å². The average Bonchev–Trinajstić information content (AvgIpc) is 2.57. The molecule has 0 spiro atoms. The summed E-state index contributed by atoms with van der Waals surface area (Å²) in [7, 11) is 0. The molecule has 1 aromatic heterocycles. The molecule has 5 nitrogen and oxygen atoms in total. The van der Waals surface area contributed by atoms with E-state index in [9.17, 15) is 4.79 Å². The lowest BCUT2D eigenvalue weighted by atomic mass is 10.2. The van der Waals surface area contributed by atoms with E-state index in [1.54, 1.807) is 24.3 Å². The SMILES string of the molecule is Cc1cccc(Nc2ncc(C(=O)Nc3ccccc3Cl)cn2)c1. The monoisotopic (exact) mass is 338 g/mol. The average molecular weight is 339 g/mol. The topological polar surface area (TPSA) is 66.9 Å². The second kappa shape index (κ2) is 7.10. The van der Waals surface area contributed by atoms with Gasteiger partial charge in [-0.15, -0.1) is 0 Å². The van der Waals surface area contributed by atoms with Gasteiger partial charge in [-0.2, -0.15) is 0 Å². The lowest BCUT2D eigenvalue weighted by Gasteiger charge is -2.08. The normalized spacial score (nSPS) is 10.2. The van der Waals surface area contributed by atoms with Gasteiger partial charge in [0.2, 0.25) is 5.95 Å². The van der Waals surface area contributed by atoms with Crippen LogP contribution < -0.4 is 10.6 Å². The van der Waals surface area contributed by atoms with Gasteiger partial charge in [-0.3, -0.25) is 4.79 Å². The van der Waals surface area contributed by atoms with Crippen LogP contribution in [-0.2, 0) is 0 Å². The molecule has 0 aliphatic heterocycles. The van der Waals surface area contributed by atoms with Crippen LogP contribution in [0.2, 0.25) is 5.02 Å². The Morgan fingerprint density at radius 2 is 1.79 bits per heavy atom. The summed E-state index contributed by atoms with van der Waals surface area (Å²) in [6.07, 6.45) is 2.94. The Morgan fingerprint density at radius 1 is 1.04 bits per heavy atom. The fourth-order valence-electron chi connectivity index (χ4n) is 2.12. The first kappa shape index (κ1) is 16.0. The summed E-state index contributed by atoms with van der Waals surface area (Å²) >= 11 is 6.03. The van der Waals surface area contributed by atoms with E-state index in [0.717, 1.165) is 11.3 Å². The fraction of sp³-hybridized carbons (Fsp3) is 0.0556. The summed E-state index contributed by atoms with van der Waals surface area (Å²) < 4.78 is 0. The number of carbonyl (C=O) groups excluding carboxylic acids is 1. The van der Waals surface area contributed by atoms with Crippen molar-refractivity contribution in [1.29, 1.82) is 0 Å². The van der Waals surface area contributed by atoms with Crippen LogP contribution in [0.4, 0.5) is 17.3 Å². The predicted molar refractivity (Wildman–Crippen MR) is 95.9 cm³/mol. The zero-order valence-corrected chi connectivity index (χ0v) is 13.7. The molecule has 2 aromatic carbocycles. The van der Waals surface area contributed by atoms with Gasteiger partial charge >= 0.3 is 0 Å². The van der Waals surface area contributed by atoms with Crippen molar-refractivity contribution in [3.63, 3.8) is 0 Å². The third-order valence-corrected chi connectivity index (χ3v) is 3.64. The first-order valence-corrected chi connectivity index (χ1v) is 7.71. The van der Waals surface area contributed by atoms with E-state index < -0.39 is 0 Å². The van der Waals surface area contributed by atoms with Crippen molar-refractivity contribution in [3.05, 3.63) is 77.1 Å². The fourth-order valence-corrected chi connectivity index (χ4v) is 2.30. The van der Waals surface area contributed by atoms with Crippen LogP contribution in [0.15, 0.2) is 60.9 Å². The summed E-state index contributed by atoms with van der Waals surface area (Å²) in [6.45, 7) is 2.01. The highest BCUT2D eigenvalue weighted by Crippen LogP contribution is 2.21. The van der Waals surface area contributed by atoms with Crippen molar-refractivity contribution in [1.82, 2.24) is 9.97 Å². The Morgan fingerprint density at radius 3 is 2.50 bits per heavy atom. The van der Waals surface area contributed by atoms with Crippen molar-refractivity contribution in [2.75, 3.05) is 10.6 Å². The van der Waals surface area contributed by atoms with Gasteiger partial charge in [-0.1, -0.05) is 35.9 Å². The lowest BCUT2D eigenvalue weighted by molar-refractivity contribution is 0.102. The molecule has 3 aromatic rings. The summed E-state index contributed by atoms with van der Waals surface area (Å²) in [4.78, 5) is 20.6. The number of aromatic nitrogens is 2. The standard InChI is InChI=1S/C18H15ClN4O/c1-12-5-4-6-14(9-12)22-18-20-10-13(11-21-18)17(24)23-16-8-3-2-7-15(16)19/h2-11H,1H3,(H,23,24)(H,20,21,22). The lowest BCUT2D eigenvalue weighted by Crippen LogP contribution is -2.13. The van der Waals surface area contributed by atoms with Gasteiger partial charge in [-0.05, 0) is 36.8 Å². The number of para-hydroxylation sites is 1. The van der Waals surface area contributed by atoms with E-state index in [1.165, 1.54) is 12.4 Å². The second-order valence-corrected chi connectivity index (χ2v) is 5.63. The van der Waals surface area contributed by atoms with Crippen LogP contribution in [0.1, 0.15) is 15.9 Å². The molecule has 0 aliphatic rings. The number of hydrogen-bond donors (Lipinski definition) is 2. The van der Waals surface area contributed by atoms with Crippen molar-refractivity contribution >= 4 is 34.8 Å². The van der Waals surface area contributed by atoms with Gasteiger partial charge in [0.05, 0.1) is 16.3 Å². The first-order valence-electron chi connectivity index (χ1n) is 7.33. The van der Waals surface area contributed by atoms with Crippen molar-refractivity contribution in [2.24, 2.45) is 0 Å². The highest BCUT2D eigenvalue weighted by atomic mass is 35.5. The Balaban J connectivity index is 1.70. The largest absolute Gasteiger partial charge is 0.324 e. The number of rotatable bonds is 4. The highest BCUT2D eigenvalue weighted by Gasteiger charge is 2.09. The molecule has 0 radical (unpaired) electrons. The molecule has 0 aliphatic carbocycles. The molecule has 0 bridgehead atoms. The van der Waals surface area contributed by atoms with Gasteiger partial charge in [0.1, 0.15) is 0 Å². The molecule has 6 heteroatoms. The molecule has 24 heavy (non-hydrogen) atoms. The van der Waals surface area contributed by atoms with E-state index in [1.807, 2.05) is 31.2 Å². The van der Waals surface area contributed by atoms with Gasteiger partial charge in [-0.25, -0.2) is 9.97 Å². The van der Waals surface area contributed by atoms with Crippen molar-refractivity contribution in [2.45, 2.75) is 6.92 Å². The summed E-state index contributed by atoms with van der Waals surface area (Å²) in [6, 6.07) is 14.9. The van der Waals surface area contributed by atoms with E-state index in [-0.39, 0.29) is 5.91 Å². The summed E-state index contributed by atoms with van der Waals surface area (Å²) in [5, 5.41) is 6.30. The molecule has 0 atom stereocenters. The number of hydrogen-bond acceptors (Lipinski definition) is 4. The molecule has 3 rings (SSSR count). The number of carbonyl (C=O) groups is 1. The van der Waals surface area contributed by atoms with Gasteiger partial charge in [0.25, 0.3) is 5.91 Å². The Hall–Kier alpha value is -2.92. The minimum Gasteiger partial charge on any atom is -0.324 e. The smallest absolute Gasteiger partial charge is 0.258 e. The number of amides is 1. The first-order chi connectivity index (χ1) is 11.6. The molecule has 1 amide bonds. The number of nitrogens with zero attached hydrogens (tertiary/aromatic N) is 2. The third kappa shape index (κ3) is 3.88. The number of benzene rings is 2. The van der Waals surface area contributed by atoms with E-state index in [4.69, 9.17) is 11.6 Å². The molecular weight excluding hydrogens is 324 g/mol. The van der Waals surface area contributed by atoms with Crippen LogP contribution >= 0.6 is 11.6 Å². The number of nitrogens with one attached hydrogen (secondary N) is 2. The predicted octanol–water partition coefficient (Wildman–Crippen LogP) is 4.43. The maximum Gasteiger partial charge on any atom is 0.258 e. The van der Waals surface area contributed by atoms with Crippen LogP contribution in [0.3, 0.4) is 0 Å². The minimum absolute atomic E-state index is 0.315. The molecule has 0 unspecified atom stereocenters. The Kier molecular flexibility index (Phi) is 4.72. The van der Waals surface area contributed by atoms with E-state index >= 15 is 0 Å². The summed E-state index contributed by atoms with van der Waals surface area (Å²) in [5.41, 5.74) is 2.93. The molecule has 1 heterocycles. The van der Waals surface area contributed by atoms with Crippen molar-refractivity contribution in [3.8, 4) is 0 Å². The Labute approximate surface area is 144 Å². The zero-order valence-electron chi connectivity index (χ0n) is 13.0. The van der Waals surface area contributed by atoms with E-state index in [2.05, 4.69) is 20.6 Å². The van der Waals surface area contributed by atoms with Gasteiger partial charge < -0.3 is 10.6 Å². The van der Waals surface area contributed by atoms with Crippen molar-refractivity contribution < 1.29 is 4.79 Å². The van der Waals surface area contributed by atoms with Gasteiger partial charge in [0, 0.05) is 18.1 Å². The molecule has 0 fully saturated rings. The molecular formula is C18H15ClN4O. The van der Waals surface area contributed by atoms with E-state index in [0.29, 0.717) is 22.2 Å². The van der Waals surface area contributed by atoms with Gasteiger partial charge in [0.15, 0.2) is 0 Å². The molecule has 0 saturated carbocycles. The zero-order chi connectivity index (χ0) is 16.9. The molecule has 2 N–H and O–H groups in total.